The van der Waals surface area contributed by atoms with E-state index in [4.69, 9.17) is 15.5 Å². The summed E-state index contributed by atoms with van der Waals surface area (Å²) in [6.07, 6.45) is 0.760. The van der Waals surface area contributed by atoms with Crippen LogP contribution in [0.2, 0.25) is 0 Å². The second-order valence-corrected chi connectivity index (χ2v) is 7.20. The number of hydrogen-bond acceptors (Lipinski definition) is 6. The van der Waals surface area contributed by atoms with E-state index in [0.717, 1.165) is 43.8 Å². The van der Waals surface area contributed by atoms with Crippen LogP contribution in [0.4, 0.5) is 5.95 Å². The lowest BCUT2D eigenvalue weighted by atomic mass is 10.2. The number of nitrogens with zero attached hydrogens (tertiary/aromatic N) is 6. The van der Waals surface area contributed by atoms with Gasteiger partial charge in [0.15, 0.2) is 18.0 Å². The number of fused-ring (bicyclic) bond motifs is 4. The van der Waals surface area contributed by atoms with E-state index in [2.05, 4.69) is 37.8 Å². The number of nitrogen functional groups attached to an aromatic ring is 1. The van der Waals surface area contributed by atoms with Gasteiger partial charge in [-0.05, 0) is 19.1 Å². The number of aryl methyl sites for hydroxylation is 1. The predicted octanol–water partition coefficient (Wildman–Crippen LogP) is 0.851. The summed E-state index contributed by atoms with van der Waals surface area (Å²) in [7, 11) is 1.63. The molecule has 5 rings (SSSR count). The molecule has 1 aliphatic heterocycles. The Morgan fingerprint density at radius 3 is 3.07 bits per heavy atom. The molecule has 9 nitrogen and oxygen atoms in total. The first-order valence-corrected chi connectivity index (χ1v) is 9.41. The van der Waals surface area contributed by atoms with Crippen molar-refractivity contribution < 1.29 is 9.42 Å². The summed E-state index contributed by atoms with van der Waals surface area (Å²) >= 11 is 0. The Bertz CT molecular complexity index is 1180. The second-order valence-electron chi connectivity index (χ2n) is 7.20. The van der Waals surface area contributed by atoms with Crippen molar-refractivity contribution in [2.75, 3.05) is 25.9 Å². The van der Waals surface area contributed by atoms with Crippen LogP contribution in [0.1, 0.15) is 17.2 Å². The molecular weight excluding hydrogens is 356 g/mol. The minimum absolute atomic E-state index is 0.313. The van der Waals surface area contributed by atoms with Crippen molar-refractivity contribution in [2.24, 2.45) is 0 Å². The molecule has 144 valence electrons. The van der Waals surface area contributed by atoms with E-state index < -0.39 is 0 Å². The highest BCUT2D eigenvalue weighted by Gasteiger charge is 2.25. The van der Waals surface area contributed by atoms with Gasteiger partial charge in [-0.25, -0.2) is 9.97 Å². The summed E-state index contributed by atoms with van der Waals surface area (Å²) in [5.41, 5.74) is 10.1. The van der Waals surface area contributed by atoms with Crippen LogP contribution in [0.5, 0.6) is 5.75 Å². The van der Waals surface area contributed by atoms with Gasteiger partial charge in [-0.15, -0.1) is 9.78 Å². The Kier molecular flexibility index (Phi) is 3.90. The largest absolute Gasteiger partial charge is 0.494 e. The van der Waals surface area contributed by atoms with Crippen LogP contribution in [0.3, 0.4) is 0 Å². The third-order valence-corrected chi connectivity index (χ3v) is 5.27. The minimum Gasteiger partial charge on any atom is -0.494 e. The molecule has 0 amide bonds. The molecule has 0 unspecified atom stereocenters. The summed E-state index contributed by atoms with van der Waals surface area (Å²) < 4.78 is 9.25. The number of hydrogen-bond donors (Lipinski definition) is 2. The molecule has 0 saturated carbocycles. The number of H-pyrrole nitrogens is 1. The fraction of sp³-hybridized carbons (Fsp3) is 0.368. The molecule has 3 aromatic heterocycles. The van der Waals surface area contributed by atoms with Crippen LogP contribution in [-0.2, 0) is 19.5 Å². The van der Waals surface area contributed by atoms with Crippen LogP contribution in [0.25, 0.3) is 16.6 Å². The molecule has 1 aromatic carbocycles. The Hall–Kier alpha value is -3.20. The number of benzene rings is 1. The normalized spacial score (nSPS) is 14.6. The Balaban J connectivity index is 1.41. The Labute approximate surface area is 161 Å². The third-order valence-electron chi connectivity index (χ3n) is 5.27. The highest BCUT2D eigenvalue weighted by Crippen LogP contribution is 2.27. The minimum atomic E-state index is 0.313. The van der Waals surface area contributed by atoms with E-state index in [1.54, 1.807) is 11.6 Å². The maximum absolute atomic E-state index is 6.13. The summed E-state index contributed by atoms with van der Waals surface area (Å²) in [5.74, 6) is 1.76. The van der Waals surface area contributed by atoms with E-state index >= 15 is 0 Å². The number of rotatable bonds is 4. The Morgan fingerprint density at radius 2 is 2.21 bits per heavy atom. The number of ether oxygens (including phenoxy) is 1. The first-order valence-electron chi connectivity index (χ1n) is 9.41. The van der Waals surface area contributed by atoms with Crippen molar-refractivity contribution in [3.63, 3.8) is 0 Å². The lowest BCUT2D eigenvalue weighted by molar-refractivity contribution is -0.763. The van der Waals surface area contributed by atoms with Crippen molar-refractivity contribution in [2.45, 2.75) is 26.4 Å². The molecular formula is C19H23N8O+. The topological polar surface area (TPSA) is 101 Å². The summed E-state index contributed by atoms with van der Waals surface area (Å²) in [6.45, 7) is 5.91. The van der Waals surface area contributed by atoms with E-state index in [1.165, 1.54) is 11.4 Å². The fourth-order valence-corrected chi connectivity index (χ4v) is 3.91. The molecule has 0 saturated heterocycles. The zero-order valence-corrected chi connectivity index (χ0v) is 16.0. The average Bonchev–Trinajstić information content (AvgIpc) is 3.28. The molecule has 0 spiro atoms. The average molecular weight is 379 g/mol. The molecule has 4 heterocycles. The van der Waals surface area contributed by atoms with Gasteiger partial charge in [0.2, 0.25) is 11.6 Å². The number of methoxy groups -OCH3 is 1. The fourth-order valence-electron chi connectivity index (χ4n) is 3.91. The number of anilines is 1. The molecule has 0 bridgehead atoms. The van der Waals surface area contributed by atoms with Crippen molar-refractivity contribution in [3.8, 4) is 5.75 Å². The molecule has 1 aliphatic rings. The molecule has 4 aromatic rings. The zero-order chi connectivity index (χ0) is 19.3. The van der Waals surface area contributed by atoms with Gasteiger partial charge in [-0.1, -0.05) is 6.07 Å². The summed E-state index contributed by atoms with van der Waals surface area (Å²) in [5, 5.41) is 8.85. The third kappa shape index (κ3) is 2.75. The molecule has 0 aliphatic carbocycles. The van der Waals surface area contributed by atoms with Gasteiger partial charge < -0.3 is 10.5 Å². The zero-order valence-electron chi connectivity index (χ0n) is 16.0. The van der Waals surface area contributed by atoms with Crippen LogP contribution >= 0.6 is 0 Å². The van der Waals surface area contributed by atoms with Gasteiger partial charge in [0.25, 0.3) is 0 Å². The Morgan fingerprint density at radius 1 is 1.32 bits per heavy atom. The molecule has 0 atom stereocenters. The van der Waals surface area contributed by atoms with Gasteiger partial charge in [-0.2, -0.15) is 9.61 Å². The van der Waals surface area contributed by atoms with Gasteiger partial charge >= 0.3 is 0 Å². The predicted molar refractivity (Wildman–Crippen MR) is 104 cm³/mol. The van der Waals surface area contributed by atoms with Crippen LogP contribution < -0.4 is 15.2 Å². The first-order chi connectivity index (χ1) is 13.6. The number of nitrogens with two attached hydrogens (primary N) is 1. The maximum atomic E-state index is 6.13. The van der Waals surface area contributed by atoms with Crippen molar-refractivity contribution >= 4 is 22.5 Å². The van der Waals surface area contributed by atoms with E-state index in [-0.39, 0.29) is 0 Å². The molecule has 28 heavy (non-hydrogen) atoms. The lowest BCUT2D eigenvalue weighted by Crippen LogP contribution is -2.51. The number of aromatic nitrogens is 6. The van der Waals surface area contributed by atoms with E-state index in [9.17, 15) is 0 Å². The first kappa shape index (κ1) is 16.9. The van der Waals surface area contributed by atoms with Crippen LogP contribution in [0, 0.1) is 6.92 Å². The van der Waals surface area contributed by atoms with Crippen molar-refractivity contribution in [1.82, 2.24) is 29.6 Å². The monoisotopic (exact) mass is 379 g/mol. The van der Waals surface area contributed by atoms with Crippen LogP contribution in [-0.4, -0.2) is 49.8 Å². The van der Waals surface area contributed by atoms with Crippen molar-refractivity contribution in [3.05, 3.63) is 41.5 Å². The maximum Gasteiger partial charge on any atom is 0.223 e. The molecule has 0 fully saturated rings. The summed E-state index contributed by atoms with van der Waals surface area (Å²) in [6, 6.07) is 7.97. The van der Waals surface area contributed by atoms with Crippen molar-refractivity contribution in [1.29, 1.82) is 0 Å². The van der Waals surface area contributed by atoms with Gasteiger partial charge in [0, 0.05) is 24.4 Å². The summed E-state index contributed by atoms with van der Waals surface area (Å²) in [4.78, 5) is 11.6. The highest BCUT2D eigenvalue weighted by atomic mass is 16.5. The van der Waals surface area contributed by atoms with Gasteiger partial charge in [0.05, 0.1) is 25.9 Å². The molecule has 3 N–H and O–H groups in total. The number of aromatic amines is 1. The highest BCUT2D eigenvalue weighted by molar-refractivity contribution is 5.95. The lowest BCUT2D eigenvalue weighted by Gasteiger charge is -2.21. The number of para-hydroxylation sites is 1. The van der Waals surface area contributed by atoms with Gasteiger partial charge in [0.1, 0.15) is 11.3 Å². The van der Waals surface area contributed by atoms with Gasteiger partial charge in [-0.3, -0.25) is 4.90 Å². The molecule has 0 radical (unpaired) electrons. The van der Waals surface area contributed by atoms with E-state index in [1.807, 2.05) is 18.2 Å². The second kappa shape index (κ2) is 6.45. The smallest absolute Gasteiger partial charge is 0.223 e. The quantitative estimate of drug-likeness (QED) is 0.510. The SMILES string of the molecule is COc1cccc2c1nc(N)n1nc(CCN3CC[n+]4[nH]c(C)cc4C3)nc21. The molecule has 9 heteroatoms. The standard InChI is InChI=1S/C19H22N8O/c1-12-10-13-11-25(8-9-26(13)23-12)7-6-16-21-18-14-4-3-5-15(28-2)17(14)22-19(20)27(18)24-16/h3-5,10H,6-9,11H2,1-2H3,(H2,20,21,22,24)/p+1. The van der Waals surface area contributed by atoms with E-state index in [0.29, 0.717) is 22.9 Å². The van der Waals surface area contributed by atoms with Crippen LogP contribution in [0.15, 0.2) is 24.3 Å². The number of nitrogens with one attached hydrogen (secondary N) is 1.